The highest BCUT2D eigenvalue weighted by Crippen LogP contribution is 2.15. The molecule has 2 N–H and O–H groups in total. The fourth-order valence-electron chi connectivity index (χ4n) is 2.31. The third-order valence-electron chi connectivity index (χ3n) is 3.26. The van der Waals surface area contributed by atoms with E-state index in [0.29, 0.717) is 10.9 Å². The van der Waals surface area contributed by atoms with E-state index < -0.39 is 5.91 Å². The van der Waals surface area contributed by atoms with E-state index in [1.54, 1.807) is 6.07 Å². The third kappa shape index (κ3) is 2.34. The molecule has 0 unspecified atom stereocenters. The fraction of sp³-hybridized carbons (Fsp3) is 0.214. The number of hydrogen-bond donors (Lipinski definition) is 1. The van der Waals surface area contributed by atoms with Crippen LogP contribution >= 0.6 is 0 Å². The van der Waals surface area contributed by atoms with Crippen LogP contribution < -0.4 is 11.3 Å². The molecular weight excluding hydrogens is 286 g/mol. The van der Waals surface area contributed by atoms with Gasteiger partial charge in [-0.25, -0.2) is 4.98 Å². The highest BCUT2D eigenvalue weighted by molar-refractivity contribution is 5.88. The van der Waals surface area contributed by atoms with E-state index in [4.69, 9.17) is 10.3 Å². The maximum Gasteiger partial charge on any atom is 0.290 e. The second-order valence-corrected chi connectivity index (χ2v) is 5.03. The van der Waals surface area contributed by atoms with Gasteiger partial charge in [0.1, 0.15) is 6.54 Å². The lowest BCUT2D eigenvalue weighted by Crippen LogP contribution is -2.22. The molecule has 0 aliphatic carbocycles. The first kappa shape index (κ1) is 13.9. The van der Waals surface area contributed by atoms with Gasteiger partial charge in [0.2, 0.25) is 5.89 Å². The van der Waals surface area contributed by atoms with Crippen molar-refractivity contribution in [2.24, 2.45) is 5.73 Å². The van der Waals surface area contributed by atoms with Crippen LogP contribution in [-0.4, -0.2) is 25.6 Å². The Morgan fingerprint density at radius 3 is 2.82 bits per heavy atom. The van der Waals surface area contributed by atoms with Gasteiger partial charge in [-0.2, -0.15) is 4.98 Å². The van der Waals surface area contributed by atoms with E-state index in [0.717, 1.165) is 11.1 Å². The van der Waals surface area contributed by atoms with E-state index in [1.165, 1.54) is 10.9 Å². The Balaban J connectivity index is 2.06. The van der Waals surface area contributed by atoms with Crippen LogP contribution in [0.2, 0.25) is 0 Å². The summed E-state index contributed by atoms with van der Waals surface area (Å²) in [5.41, 5.74) is 7.42. The molecule has 2 aromatic heterocycles. The molecule has 0 atom stereocenters. The number of nitrogens with zero attached hydrogens (tertiary/aromatic N) is 4. The Morgan fingerprint density at radius 2 is 2.14 bits per heavy atom. The van der Waals surface area contributed by atoms with Gasteiger partial charge in [-0.1, -0.05) is 11.2 Å². The summed E-state index contributed by atoms with van der Waals surface area (Å²) in [6.45, 7) is 3.85. The van der Waals surface area contributed by atoms with Crippen LogP contribution in [0.3, 0.4) is 0 Å². The molecule has 0 aliphatic heterocycles. The zero-order valence-corrected chi connectivity index (χ0v) is 12.0. The van der Waals surface area contributed by atoms with Crippen molar-refractivity contribution >= 4 is 16.8 Å². The van der Waals surface area contributed by atoms with Gasteiger partial charge in [0.25, 0.3) is 17.3 Å². The minimum Gasteiger partial charge on any atom is -0.363 e. The van der Waals surface area contributed by atoms with Crippen LogP contribution in [0.15, 0.2) is 27.8 Å². The third-order valence-corrected chi connectivity index (χ3v) is 3.26. The number of carbonyl (C=O) groups excluding carboxylic acids is 1. The minimum atomic E-state index is -0.787. The van der Waals surface area contributed by atoms with Crippen molar-refractivity contribution in [2.75, 3.05) is 0 Å². The first-order chi connectivity index (χ1) is 10.5. The zero-order valence-electron chi connectivity index (χ0n) is 12.0. The lowest BCUT2D eigenvalue weighted by molar-refractivity contribution is 0.0987. The van der Waals surface area contributed by atoms with E-state index in [1.807, 2.05) is 19.9 Å². The molecule has 8 heteroatoms. The highest BCUT2D eigenvalue weighted by Gasteiger charge is 2.13. The van der Waals surface area contributed by atoms with Crippen LogP contribution in [0.1, 0.15) is 27.6 Å². The SMILES string of the molecule is Cc1cc(C)c2ncn(Cc3nc(C(N)=O)no3)c(=O)c2c1. The van der Waals surface area contributed by atoms with Crippen molar-refractivity contribution in [3.8, 4) is 0 Å². The van der Waals surface area contributed by atoms with Gasteiger partial charge in [0.15, 0.2) is 0 Å². The molecule has 8 nitrogen and oxygen atoms in total. The molecular formula is C14H13N5O3. The second kappa shape index (κ2) is 5.06. The Morgan fingerprint density at radius 1 is 1.36 bits per heavy atom. The molecule has 0 saturated heterocycles. The monoisotopic (exact) mass is 299 g/mol. The van der Waals surface area contributed by atoms with Crippen molar-refractivity contribution in [3.05, 3.63) is 51.7 Å². The number of aromatic nitrogens is 4. The summed E-state index contributed by atoms with van der Waals surface area (Å²) in [5, 5.41) is 3.96. The number of nitrogens with two attached hydrogens (primary N) is 1. The number of amides is 1. The van der Waals surface area contributed by atoms with E-state index in [-0.39, 0.29) is 23.8 Å². The second-order valence-electron chi connectivity index (χ2n) is 5.03. The van der Waals surface area contributed by atoms with Gasteiger partial charge in [-0.15, -0.1) is 0 Å². The molecule has 1 aromatic carbocycles. The van der Waals surface area contributed by atoms with Gasteiger partial charge in [-0.05, 0) is 31.0 Å². The molecule has 0 radical (unpaired) electrons. The summed E-state index contributed by atoms with van der Waals surface area (Å²) in [5.74, 6) is -0.893. The van der Waals surface area contributed by atoms with E-state index in [2.05, 4.69) is 15.1 Å². The smallest absolute Gasteiger partial charge is 0.290 e. The normalized spacial score (nSPS) is 11.0. The first-order valence-corrected chi connectivity index (χ1v) is 6.54. The van der Waals surface area contributed by atoms with E-state index in [9.17, 15) is 9.59 Å². The number of primary amides is 1. The Bertz CT molecular complexity index is 941. The van der Waals surface area contributed by atoms with Gasteiger partial charge in [0.05, 0.1) is 17.2 Å². The standard InChI is InChI=1S/C14H13N5O3/c1-7-3-8(2)11-9(4-7)14(21)19(6-16-11)5-10-17-13(12(15)20)18-22-10/h3-4,6H,5H2,1-2H3,(H2,15,20). The Kier molecular flexibility index (Phi) is 3.21. The van der Waals surface area contributed by atoms with E-state index >= 15 is 0 Å². The number of aryl methyl sites for hydroxylation is 2. The minimum absolute atomic E-state index is 0.0229. The molecule has 0 aliphatic rings. The molecule has 112 valence electrons. The highest BCUT2D eigenvalue weighted by atomic mass is 16.5. The number of carbonyl (C=O) groups is 1. The Hall–Kier alpha value is -3.03. The maximum absolute atomic E-state index is 12.5. The van der Waals surface area contributed by atoms with Crippen LogP contribution in [-0.2, 0) is 6.54 Å². The van der Waals surface area contributed by atoms with Gasteiger partial charge < -0.3 is 10.3 Å². The number of benzene rings is 1. The average Bonchev–Trinajstić information content (AvgIpc) is 2.91. The van der Waals surface area contributed by atoms with Gasteiger partial charge in [0, 0.05) is 0 Å². The predicted molar refractivity (Wildman–Crippen MR) is 77.4 cm³/mol. The van der Waals surface area contributed by atoms with Gasteiger partial charge >= 0.3 is 0 Å². The summed E-state index contributed by atoms with van der Waals surface area (Å²) < 4.78 is 6.24. The predicted octanol–water partition coefficient (Wildman–Crippen LogP) is 0.544. The number of fused-ring (bicyclic) bond motifs is 1. The maximum atomic E-state index is 12.5. The Labute approximate surface area is 124 Å². The fourth-order valence-corrected chi connectivity index (χ4v) is 2.31. The molecule has 0 saturated carbocycles. The molecule has 2 heterocycles. The molecule has 1 amide bonds. The van der Waals surface area contributed by atoms with Crippen molar-refractivity contribution in [1.82, 2.24) is 19.7 Å². The molecule has 3 aromatic rings. The molecule has 3 rings (SSSR count). The lowest BCUT2D eigenvalue weighted by atomic mass is 10.1. The number of rotatable bonds is 3. The summed E-state index contributed by atoms with van der Waals surface area (Å²) >= 11 is 0. The zero-order chi connectivity index (χ0) is 15.9. The van der Waals surface area contributed by atoms with Crippen molar-refractivity contribution < 1.29 is 9.32 Å². The van der Waals surface area contributed by atoms with Gasteiger partial charge in [-0.3, -0.25) is 14.2 Å². The largest absolute Gasteiger partial charge is 0.363 e. The summed E-state index contributed by atoms with van der Waals surface area (Å²) in [6, 6.07) is 3.76. The first-order valence-electron chi connectivity index (χ1n) is 6.54. The molecule has 0 bridgehead atoms. The van der Waals surface area contributed by atoms with Crippen molar-refractivity contribution in [1.29, 1.82) is 0 Å². The van der Waals surface area contributed by atoms with Crippen molar-refractivity contribution in [2.45, 2.75) is 20.4 Å². The topological polar surface area (TPSA) is 117 Å². The number of hydrogen-bond acceptors (Lipinski definition) is 6. The lowest BCUT2D eigenvalue weighted by Gasteiger charge is -2.06. The van der Waals surface area contributed by atoms with Crippen LogP contribution in [0.4, 0.5) is 0 Å². The van der Waals surface area contributed by atoms with Crippen LogP contribution in [0.5, 0.6) is 0 Å². The van der Waals surface area contributed by atoms with Crippen LogP contribution in [0.25, 0.3) is 10.9 Å². The average molecular weight is 299 g/mol. The summed E-state index contributed by atoms with van der Waals surface area (Å²) in [6.07, 6.45) is 1.42. The van der Waals surface area contributed by atoms with Crippen LogP contribution in [0, 0.1) is 13.8 Å². The summed E-state index contributed by atoms with van der Waals surface area (Å²) in [7, 11) is 0. The quantitative estimate of drug-likeness (QED) is 0.754. The molecule has 0 fully saturated rings. The summed E-state index contributed by atoms with van der Waals surface area (Å²) in [4.78, 5) is 31.6. The molecule has 22 heavy (non-hydrogen) atoms. The molecule has 0 spiro atoms. The van der Waals surface area contributed by atoms with Crippen molar-refractivity contribution in [3.63, 3.8) is 0 Å².